The molecule has 0 aliphatic heterocycles. The Hall–Kier alpha value is -1.59. The highest BCUT2D eigenvalue weighted by atomic mass is 32.2. The molecule has 1 aromatic heterocycles. The Balaban J connectivity index is 2.51. The second-order valence-corrected chi connectivity index (χ2v) is 7.94. The van der Waals surface area contributed by atoms with E-state index in [0.717, 1.165) is 23.9 Å². The van der Waals surface area contributed by atoms with E-state index in [2.05, 4.69) is 4.98 Å². The Morgan fingerprint density at radius 3 is 2.50 bits per heavy atom. The predicted molar refractivity (Wildman–Crippen MR) is 72.9 cm³/mol. The van der Waals surface area contributed by atoms with Gasteiger partial charge in [-0.15, -0.1) is 11.3 Å². The lowest BCUT2D eigenvalue weighted by Gasteiger charge is -2.10. The Bertz CT molecular complexity index is 800. The number of halogens is 3. The normalized spacial score (nSPS) is 12.3. The van der Waals surface area contributed by atoms with E-state index in [-0.39, 0.29) is 4.90 Å². The molecule has 1 N–H and O–H groups in total. The molecule has 0 fully saturated rings. The zero-order valence-corrected chi connectivity index (χ0v) is 12.8. The average molecular weight is 369 g/mol. The zero-order valence-electron chi connectivity index (χ0n) is 10.4. The van der Waals surface area contributed by atoms with Crippen molar-refractivity contribution in [2.24, 2.45) is 0 Å². The molecule has 0 saturated heterocycles. The van der Waals surface area contributed by atoms with E-state index >= 15 is 0 Å². The number of aromatic carboxylic acids is 1. The molecule has 0 aliphatic rings. The molecular weight excluding hydrogens is 363 g/mol. The van der Waals surface area contributed by atoms with Gasteiger partial charge in [-0.05, 0) is 18.2 Å². The van der Waals surface area contributed by atoms with Gasteiger partial charge < -0.3 is 5.11 Å². The summed E-state index contributed by atoms with van der Waals surface area (Å²) in [6.07, 6.45) is 1.48. The fourth-order valence-corrected chi connectivity index (χ4v) is 3.89. The summed E-state index contributed by atoms with van der Waals surface area (Å²) in [5, 5.41) is 10.7. The molecule has 2 aromatic rings. The average Bonchev–Trinajstić information content (AvgIpc) is 2.90. The molecule has 11 heteroatoms. The van der Waals surface area contributed by atoms with Crippen molar-refractivity contribution in [3.05, 3.63) is 35.3 Å². The van der Waals surface area contributed by atoms with E-state index in [4.69, 9.17) is 5.11 Å². The summed E-state index contributed by atoms with van der Waals surface area (Å²) in [5.74, 6) is -1.53. The van der Waals surface area contributed by atoms with E-state index in [1.807, 2.05) is 0 Å². The first-order chi connectivity index (χ1) is 10.1. The van der Waals surface area contributed by atoms with Crippen molar-refractivity contribution < 1.29 is 31.5 Å². The smallest absolute Gasteiger partial charge is 0.478 e. The van der Waals surface area contributed by atoms with Gasteiger partial charge in [-0.3, -0.25) is 0 Å². The number of thiazole rings is 1. The number of carboxylic acids is 1. The van der Waals surface area contributed by atoms with Gasteiger partial charge in [0.15, 0.2) is 4.34 Å². The van der Waals surface area contributed by atoms with Crippen LogP contribution in [0, 0.1) is 0 Å². The van der Waals surface area contributed by atoms with Crippen LogP contribution in [0.25, 0.3) is 0 Å². The van der Waals surface area contributed by atoms with Crippen molar-refractivity contribution in [2.75, 3.05) is 0 Å². The molecule has 1 heterocycles. The summed E-state index contributed by atoms with van der Waals surface area (Å²) < 4.78 is 60.7. The Kier molecular flexibility index (Phi) is 4.49. The molecule has 0 unspecified atom stereocenters. The molecule has 0 bridgehead atoms. The van der Waals surface area contributed by atoms with Crippen molar-refractivity contribution in [1.82, 2.24) is 4.98 Å². The van der Waals surface area contributed by atoms with Crippen molar-refractivity contribution in [2.45, 2.75) is 19.6 Å². The molecule has 0 aliphatic carbocycles. The van der Waals surface area contributed by atoms with Crippen LogP contribution in [0.15, 0.2) is 43.9 Å². The number of benzene rings is 1. The highest BCUT2D eigenvalue weighted by molar-refractivity contribution is 8.01. The number of sulfone groups is 1. The minimum absolute atomic E-state index is 0.101. The molecule has 0 atom stereocenters. The van der Waals surface area contributed by atoms with Crippen LogP contribution < -0.4 is 0 Å². The van der Waals surface area contributed by atoms with E-state index in [9.17, 15) is 26.4 Å². The lowest BCUT2D eigenvalue weighted by Crippen LogP contribution is -2.23. The minimum atomic E-state index is -5.60. The monoisotopic (exact) mass is 369 g/mol. The van der Waals surface area contributed by atoms with Gasteiger partial charge in [0, 0.05) is 16.5 Å². The van der Waals surface area contributed by atoms with E-state index in [0.29, 0.717) is 10.4 Å². The van der Waals surface area contributed by atoms with Crippen LogP contribution in [0.2, 0.25) is 0 Å². The lowest BCUT2D eigenvalue weighted by atomic mass is 10.2. The van der Waals surface area contributed by atoms with Gasteiger partial charge in [0.1, 0.15) is 0 Å². The summed E-state index contributed by atoms with van der Waals surface area (Å²) >= 11 is 2.14. The first-order valence-corrected chi connectivity index (χ1v) is 8.57. The van der Waals surface area contributed by atoms with Crippen LogP contribution in [0.4, 0.5) is 13.2 Å². The van der Waals surface area contributed by atoms with E-state index < -0.39 is 31.8 Å². The molecule has 22 heavy (non-hydrogen) atoms. The number of carboxylic acid groups (broad SMARTS) is 1. The summed E-state index contributed by atoms with van der Waals surface area (Å²) in [6, 6.07) is 2.25. The van der Waals surface area contributed by atoms with Gasteiger partial charge >= 0.3 is 11.5 Å². The Morgan fingerprint density at radius 2 is 2.00 bits per heavy atom. The molecular formula is C11H6F3NO4S3. The Morgan fingerprint density at radius 1 is 1.32 bits per heavy atom. The van der Waals surface area contributed by atoms with E-state index in [1.165, 1.54) is 17.5 Å². The summed E-state index contributed by atoms with van der Waals surface area (Å²) in [6.45, 7) is 0. The second-order valence-electron chi connectivity index (χ2n) is 3.81. The van der Waals surface area contributed by atoms with Crippen molar-refractivity contribution in [1.29, 1.82) is 0 Å². The molecule has 0 amide bonds. The third-order valence-corrected chi connectivity index (χ3v) is 5.85. The molecule has 0 radical (unpaired) electrons. The molecule has 0 spiro atoms. The molecule has 0 saturated carbocycles. The van der Waals surface area contributed by atoms with Gasteiger partial charge in [0.25, 0.3) is 9.84 Å². The number of hydrogen-bond acceptors (Lipinski definition) is 6. The summed E-state index contributed by atoms with van der Waals surface area (Å²) in [5.41, 5.74) is -6.03. The second kappa shape index (κ2) is 5.89. The fraction of sp³-hybridized carbons (Fsp3) is 0.0909. The third-order valence-electron chi connectivity index (χ3n) is 2.40. The fourth-order valence-electron chi connectivity index (χ4n) is 1.42. The van der Waals surface area contributed by atoms with Crippen LogP contribution >= 0.6 is 23.1 Å². The SMILES string of the molecule is O=C(O)c1cc(S(=O)(=O)C(F)(F)F)ccc1Sc1nccs1. The topological polar surface area (TPSA) is 84.3 Å². The number of hydrogen-bond donors (Lipinski definition) is 1. The van der Waals surface area contributed by atoms with Crippen LogP contribution in [-0.2, 0) is 9.84 Å². The van der Waals surface area contributed by atoms with Crippen molar-refractivity contribution >= 4 is 38.9 Å². The van der Waals surface area contributed by atoms with Crippen LogP contribution in [0.5, 0.6) is 0 Å². The van der Waals surface area contributed by atoms with Crippen LogP contribution in [0.1, 0.15) is 10.4 Å². The Labute approximate surface area is 130 Å². The van der Waals surface area contributed by atoms with Crippen LogP contribution in [0.3, 0.4) is 0 Å². The van der Waals surface area contributed by atoms with Gasteiger partial charge in [0.2, 0.25) is 0 Å². The largest absolute Gasteiger partial charge is 0.501 e. The van der Waals surface area contributed by atoms with Crippen molar-refractivity contribution in [3.63, 3.8) is 0 Å². The first-order valence-electron chi connectivity index (χ1n) is 5.39. The first kappa shape index (κ1) is 16.8. The number of carbonyl (C=O) groups is 1. The van der Waals surface area contributed by atoms with Crippen LogP contribution in [-0.4, -0.2) is 30.0 Å². The zero-order chi connectivity index (χ0) is 16.5. The standard InChI is InChI=1S/C11H6F3NO4S3/c12-11(13,14)22(18,19)6-1-2-8(7(5-6)9(16)17)21-10-15-3-4-20-10/h1-5H,(H,16,17). The summed E-state index contributed by atoms with van der Waals surface area (Å²) in [4.78, 5) is 14.1. The number of nitrogens with zero attached hydrogens (tertiary/aromatic N) is 1. The maximum absolute atomic E-state index is 12.5. The molecule has 118 valence electrons. The van der Waals surface area contributed by atoms with Crippen molar-refractivity contribution in [3.8, 4) is 0 Å². The molecule has 1 aromatic carbocycles. The maximum atomic E-state index is 12.5. The highest BCUT2D eigenvalue weighted by Crippen LogP contribution is 2.36. The van der Waals surface area contributed by atoms with Gasteiger partial charge in [-0.1, -0.05) is 11.8 Å². The number of alkyl halides is 3. The molecule has 5 nitrogen and oxygen atoms in total. The van der Waals surface area contributed by atoms with Gasteiger partial charge in [-0.2, -0.15) is 13.2 Å². The lowest BCUT2D eigenvalue weighted by molar-refractivity contribution is -0.0436. The van der Waals surface area contributed by atoms with Gasteiger partial charge in [-0.25, -0.2) is 18.2 Å². The van der Waals surface area contributed by atoms with E-state index in [1.54, 1.807) is 5.38 Å². The van der Waals surface area contributed by atoms with Gasteiger partial charge in [0.05, 0.1) is 10.5 Å². The molecule has 2 rings (SSSR count). The highest BCUT2D eigenvalue weighted by Gasteiger charge is 2.47. The third kappa shape index (κ3) is 3.25. The minimum Gasteiger partial charge on any atom is -0.478 e. The number of rotatable bonds is 4. The predicted octanol–water partition coefficient (Wildman–Crippen LogP) is 3.29. The number of aromatic nitrogens is 1. The maximum Gasteiger partial charge on any atom is 0.501 e. The summed E-state index contributed by atoms with van der Waals surface area (Å²) in [7, 11) is -5.60. The quantitative estimate of drug-likeness (QED) is 0.890.